The highest BCUT2D eigenvalue weighted by molar-refractivity contribution is 7.19. The van der Waals surface area contributed by atoms with E-state index in [4.69, 9.17) is 26.1 Å². The maximum absolute atomic E-state index is 12.1. The number of ether oxygens (including phenoxy) is 2. The van der Waals surface area contributed by atoms with E-state index in [2.05, 4.69) is 0 Å². The number of imide groups is 1. The molecule has 2 aromatic heterocycles. The standard InChI is InChI=1S/C23H19ClN2O6S/c1-31-13-5-2-11(3-6-13)18-19-14-7-4-12(22(28)29)8-16(14)33-21(19)25-15(20(18)24)9-26-17(27)10-32-23(26)30/h2-3,5-6,12H,4,7-10H2,1H3,(H,28,29)/t12-/m0/s1. The van der Waals surface area contributed by atoms with E-state index >= 15 is 0 Å². The van der Waals surface area contributed by atoms with Gasteiger partial charge in [0.1, 0.15) is 10.6 Å². The zero-order valence-electron chi connectivity index (χ0n) is 17.6. The summed E-state index contributed by atoms with van der Waals surface area (Å²) in [7, 11) is 1.59. The molecule has 33 heavy (non-hydrogen) atoms. The van der Waals surface area contributed by atoms with E-state index in [1.165, 1.54) is 11.3 Å². The quantitative estimate of drug-likeness (QED) is 0.573. The number of fused-ring (bicyclic) bond motifs is 3. The van der Waals surface area contributed by atoms with Gasteiger partial charge >= 0.3 is 12.1 Å². The zero-order chi connectivity index (χ0) is 23.3. The number of methoxy groups -OCH3 is 1. The summed E-state index contributed by atoms with van der Waals surface area (Å²) in [6.07, 6.45) is 0.879. The molecule has 1 fully saturated rings. The van der Waals surface area contributed by atoms with Crippen molar-refractivity contribution >= 4 is 51.1 Å². The lowest BCUT2D eigenvalue weighted by Crippen LogP contribution is -2.29. The second kappa shape index (κ2) is 8.31. The minimum atomic E-state index is -0.800. The predicted molar refractivity (Wildman–Crippen MR) is 122 cm³/mol. The molecule has 0 bridgehead atoms. The highest BCUT2D eigenvalue weighted by Gasteiger charge is 2.34. The summed E-state index contributed by atoms with van der Waals surface area (Å²) >= 11 is 8.32. The van der Waals surface area contributed by atoms with Crippen LogP contribution in [0.1, 0.15) is 22.6 Å². The molecule has 1 atom stereocenters. The number of aromatic nitrogens is 1. The average Bonchev–Trinajstić information content (AvgIpc) is 3.33. The van der Waals surface area contributed by atoms with Crippen molar-refractivity contribution in [2.75, 3.05) is 13.7 Å². The summed E-state index contributed by atoms with van der Waals surface area (Å²) < 4.78 is 10.1. The Balaban J connectivity index is 1.69. The van der Waals surface area contributed by atoms with Crippen LogP contribution >= 0.6 is 22.9 Å². The fourth-order valence-electron chi connectivity index (χ4n) is 4.36. The van der Waals surface area contributed by atoms with Gasteiger partial charge in [-0.3, -0.25) is 9.59 Å². The molecular formula is C23H19ClN2O6S. The Bertz CT molecular complexity index is 1290. The van der Waals surface area contributed by atoms with Crippen LogP contribution in [0.5, 0.6) is 5.75 Å². The number of aryl methyl sites for hydroxylation is 1. The lowest BCUT2D eigenvalue weighted by molar-refractivity contribution is -0.142. The smallest absolute Gasteiger partial charge is 0.417 e. The highest BCUT2D eigenvalue weighted by atomic mass is 35.5. The molecule has 1 N–H and O–H groups in total. The van der Waals surface area contributed by atoms with Crippen molar-refractivity contribution in [2.24, 2.45) is 5.92 Å². The fourth-order valence-corrected chi connectivity index (χ4v) is 6.00. The van der Waals surface area contributed by atoms with Gasteiger partial charge in [-0.2, -0.15) is 0 Å². The number of amides is 2. The van der Waals surface area contributed by atoms with Crippen molar-refractivity contribution in [1.82, 2.24) is 9.88 Å². The summed E-state index contributed by atoms with van der Waals surface area (Å²) in [5.41, 5.74) is 3.04. The molecule has 3 aromatic rings. The van der Waals surface area contributed by atoms with Gasteiger partial charge in [-0.25, -0.2) is 14.7 Å². The van der Waals surface area contributed by atoms with Gasteiger partial charge < -0.3 is 14.6 Å². The first-order valence-corrected chi connectivity index (χ1v) is 11.5. The number of carboxylic acids is 1. The maximum Gasteiger partial charge on any atom is 0.417 e. The van der Waals surface area contributed by atoms with Crippen LogP contribution in [-0.2, 0) is 33.7 Å². The Morgan fingerprint density at radius 2 is 2.09 bits per heavy atom. The minimum Gasteiger partial charge on any atom is -0.497 e. The lowest BCUT2D eigenvalue weighted by atomic mass is 9.86. The second-order valence-corrected chi connectivity index (χ2v) is 9.43. The molecule has 3 heterocycles. The van der Waals surface area contributed by atoms with Gasteiger partial charge in [0, 0.05) is 15.8 Å². The van der Waals surface area contributed by atoms with Crippen molar-refractivity contribution in [2.45, 2.75) is 25.8 Å². The monoisotopic (exact) mass is 486 g/mol. The van der Waals surface area contributed by atoms with E-state index in [1.807, 2.05) is 24.3 Å². The summed E-state index contributed by atoms with van der Waals surface area (Å²) in [5.74, 6) is -0.977. The van der Waals surface area contributed by atoms with Crippen molar-refractivity contribution < 1.29 is 29.0 Å². The van der Waals surface area contributed by atoms with Crippen molar-refractivity contribution in [3.63, 3.8) is 0 Å². The van der Waals surface area contributed by atoms with Crippen LogP contribution in [0.3, 0.4) is 0 Å². The number of thiophene rings is 1. The number of nitrogens with zero attached hydrogens (tertiary/aromatic N) is 2. The van der Waals surface area contributed by atoms with Crippen LogP contribution < -0.4 is 4.74 Å². The topological polar surface area (TPSA) is 106 Å². The second-order valence-electron chi connectivity index (χ2n) is 7.97. The minimum absolute atomic E-state index is 0.101. The normalized spacial score (nSPS) is 17.9. The van der Waals surface area contributed by atoms with Crippen molar-refractivity contribution in [1.29, 1.82) is 0 Å². The Morgan fingerprint density at radius 3 is 2.73 bits per heavy atom. The summed E-state index contributed by atoms with van der Waals surface area (Å²) in [6, 6.07) is 7.45. The number of hydrogen-bond donors (Lipinski definition) is 1. The highest BCUT2D eigenvalue weighted by Crippen LogP contribution is 2.46. The van der Waals surface area contributed by atoms with Crippen LogP contribution in [0, 0.1) is 5.92 Å². The van der Waals surface area contributed by atoms with Crippen LogP contribution in [0.4, 0.5) is 4.79 Å². The number of carboxylic acid groups (broad SMARTS) is 1. The van der Waals surface area contributed by atoms with E-state index in [0.29, 0.717) is 40.6 Å². The van der Waals surface area contributed by atoms with E-state index in [0.717, 1.165) is 31.9 Å². The SMILES string of the molecule is COc1ccc(-c2c(Cl)c(CN3C(=O)COC3=O)nc3sc4c(c23)CC[C@H](C(=O)O)C4)cc1. The number of rotatable bonds is 5. The Hall–Kier alpha value is -3.17. The average molecular weight is 487 g/mol. The molecule has 1 aromatic carbocycles. The van der Waals surface area contributed by atoms with Crippen LogP contribution in [0.2, 0.25) is 5.02 Å². The molecule has 170 valence electrons. The lowest BCUT2D eigenvalue weighted by Gasteiger charge is -2.20. The summed E-state index contributed by atoms with van der Waals surface area (Å²) in [4.78, 5) is 43.0. The third-order valence-electron chi connectivity index (χ3n) is 6.08. The number of halogens is 1. The number of pyridine rings is 1. The Labute approximate surface area is 197 Å². The molecule has 1 aliphatic heterocycles. The largest absolute Gasteiger partial charge is 0.497 e. The van der Waals surface area contributed by atoms with Gasteiger partial charge in [0.05, 0.1) is 30.3 Å². The predicted octanol–water partition coefficient (Wildman–Crippen LogP) is 4.29. The van der Waals surface area contributed by atoms with E-state index in [-0.39, 0.29) is 13.2 Å². The molecule has 2 amide bonds. The van der Waals surface area contributed by atoms with E-state index in [1.54, 1.807) is 7.11 Å². The number of benzene rings is 1. The number of hydrogen-bond acceptors (Lipinski definition) is 7. The molecule has 5 rings (SSSR count). The Kier molecular flexibility index (Phi) is 5.46. The first-order chi connectivity index (χ1) is 15.9. The molecule has 2 aliphatic rings. The molecule has 0 unspecified atom stereocenters. The van der Waals surface area contributed by atoms with E-state index < -0.39 is 23.9 Å². The van der Waals surface area contributed by atoms with Crippen LogP contribution in [0.25, 0.3) is 21.3 Å². The number of carbonyl (C=O) groups excluding carboxylic acids is 2. The number of aliphatic carboxylic acids is 1. The number of carbonyl (C=O) groups is 3. The molecule has 1 saturated heterocycles. The molecule has 0 saturated carbocycles. The van der Waals surface area contributed by atoms with Crippen LogP contribution in [-0.4, -0.2) is 46.7 Å². The van der Waals surface area contributed by atoms with Crippen molar-refractivity contribution in [3.05, 3.63) is 45.4 Å². The van der Waals surface area contributed by atoms with Gasteiger partial charge in [0.2, 0.25) is 0 Å². The molecular weight excluding hydrogens is 468 g/mol. The number of cyclic esters (lactones) is 1. The molecule has 8 nitrogen and oxygen atoms in total. The van der Waals surface area contributed by atoms with E-state index in [9.17, 15) is 19.5 Å². The molecule has 1 aliphatic carbocycles. The molecule has 0 spiro atoms. The zero-order valence-corrected chi connectivity index (χ0v) is 19.2. The maximum atomic E-state index is 12.1. The first kappa shape index (κ1) is 21.7. The summed E-state index contributed by atoms with van der Waals surface area (Å²) in [6.45, 7) is -0.399. The van der Waals surface area contributed by atoms with Gasteiger partial charge in [0.15, 0.2) is 6.61 Å². The summed E-state index contributed by atoms with van der Waals surface area (Å²) in [5, 5.41) is 10.7. The van der Waals surface area contributed by atoms with Gasteiger partial charge in [0.25, 0.3) is 5.91 Å². The molecule has 0 radical (unpaired) electrons. The van der Waals surface area contributed by atoms with Crippen LogP contribution in [0.15, 0.2) is 24.3 Å². The molecule has 10 heteroatoms. The Morgan fingerprint density at radius 1 is 1.33 bits per heavy atom. The third-order valence-corrected chi connectivity index (χ3v) is 7.64. The van der Waals surface area contributed by atoms with Crippen molar-refractivity contribution in [3.8, 4) is 16.9 Å². The third kappa shape index (κ3) is 3.71. The van der Waals surface area contributed by atoms with Gasteiger partial charge in [-0.1, -0.05) is 23.7 Å². The first-order valence-electron chi connectivity index (χ1n) is 10.3. The van der Waals surface area contributed by atoms with Gasteiger partial charge in [-0.05, 0) is 42.5 Å². The van der Waals surface area contributed by atoms with Gasteiger partial charge in [-0.15, -0.1) is 11.3 Å². The fraction of sp³-hybridized carbons (Fsp3) is 0.304.